The van der Waals surface area contributed by atoms with Gasteiger partial charge in [0.05, 0.1) is 8.95 Å². The molecule has 0 bridgehead atoms. The Morgan fingerprint density at radius 2 is 1.40 bits per heavy atom. The Balaban J connectivity index is 2.44. The van der Waals surface area contributed by atoms with E-state index in [0.29, 0.717) is 8.95 Å². The molecule has 0 saturated heterocycles. The molecular weight excluding hydrogens is 516 g/mol. The van der Waals surface area contributed by atoms with Crippen molar-refractivity contribution in [3.63, 3.8) is 0 Å². The zero-order valence-corrected chi connectivity index (χ0v) is 16.8. The average molecular weight is 526 g/mol. The number of phenols is 1. The third-order valence-electron chi connectivity index (χ3n) is 2.74. The van der Waals surface area contributed by atoms with Crippen LogP contribution in [0.4, 0.5) is 0 Å². The molecule has 0 fully saturated rings. The van der Waals surface area contributed by atoms with Crippen LogP contribution < -0.4 is 0 Å². The van der Waals surface area contributed by atoms with Crippen molar-refractivity contribution in [2.75, 3.05) is 0 Å². The zero-order valence-electron chi connectivity index (χ0n) is 10.4. The molecule has 20 heavy (non-hydrogen) atoms. The van der Waals surface area contributed by atoms with Gasteiger partial charge < -0.3 is 5.11 Å². The van der Waals surface area contributed by atoms with E-state index in [0.717, 1.165) is 25.6 Å². The Kier molecular flexibility index (Phi) is 5.51. The van der Waals surface area contributed by atoms with Crippen molar-refractivity contribution >= 4 is 75.4 Å². The van der Waals surface area contributed by atoms with Gasteiger partial charge in [0.25, 0.3) is 0 Å². The Hall–Kier alpha value is -0.100. The van der Waals surface area contributed by atoms with Crippen LogP contribution in [0, 0.1) is 0 Å². The molecule has 1 N–H and O–H groups in total. The fraction of sp³-hybridized carbons (Fsp3) is 0.0667. The van der Waals surface area contributed by atoms with Gasteiger partial charge >= 0.3 is 0 Å². The maximum absolute atomic E-state index is 9.75. The van der Waals surface area contributed by atoms with Crippen LogP contribution in [-0.4, -0.2) is 5.11 Å². The summed E-state index contributed by atoms with van der Waals surface area (Å²) in [5.41, 5.74) is 3.25. The van der Waals surface area contributed by atoms with E-state index in [-0.39, 0.29) is 5.75 Å². The van der Waals surface area contributed by atoms with Gasteiger partial charge in [-0.1, -0.05) is 37.9 Å². The van der Waals surface area contributed by atoms with Gasteiger partial charge in [-0.05, 0) is 85.8 Å². The summed E-state index contributed by atoms with van der Waals surface area (Å²) in [6.07, 6.45) is 2.10. The monoisotopic (exact) mass is 522 g/mol. The second-order valence-electron chi connectivity index (χ2n) is 4.32. The van der Waals surface area contributed by atoms with E-state index in [2.05, 4.69) is 81.9 Å². The van der Waals surface area contributed by atoms with Crippen molar-refractivity contribution in [1.29, 1.82) is 0 Å². The summed E-state index contributed by atoms with van der Waals surface area (Å²) in [4.78, 5) is 0. The molecule has 0 saturated carbocycles. The topological polar surface area (TPSA) is 20.2 Å². The van der Waals surface area contributed by atoms with Crippen LogP contribution in [0.25, 0.3) is 11.6 Å². The first-order valence-electron chi connectivity index (χ1n) is 5.69. The van der Waals surface area contributed by atoms with Gasteiger partial charge in [-0.3, -0.25) is 0 Å². The van der Waals surface area contributed by atoms with Crippen LogP contribution in [0.1, 0.15) is 18.1 Å². The Morgan fingerprint density at radius 1 is 0.900 bits per heavy atom. The second kappa shape index (κ2) is 6.77. The van der Waals surface area contributed by atoms with Crippen LogP contribution in [0.15, 0.2) is 48.2 Å². The van der Waals surface area contributed by atoms with E-state index in [1.165, 1.54) is 0 Å². The lowest BCUT2D eigenvalue weighted by Gasteiger charge is -2.07. The predicted octanol–water partition coefficient (Wildman–Crippen LogP) is 7.00. The van der Waals surface area contributed by atoms with Gasteiger partial charge in [-0.15, -0.1) is 0 Å². The van der Waals surface area contributed by atoms with Crippen molar-refractivity contribution in [3.05, 3.63) is 59.3 Å². The smallest absolute Gasteiger partial charge is 0.143 e. The van der Waals surface area contributed by atoms with Crippen molar-refractivity contribution < 1.29 is 5.11 Å². The van der Waals surface area contributed by atoms with Crippen molar-refractivity contribution in [3.8, 4) is 5.75 Å². The molecule has 2 rings (SSSR count). The van der Waals surface area contributed by atoms with E-state index in [9.17, 15) is 5.11 Å². The molecule has 0 aliphatic heterocycles. The summed E-state index contributed by atoms with van der Waals surface area (Å²) in [5.74, 6) is 0.215. The number of hydrogen-bond donors (Lipinski definition) is 1. The van der Waals surface area contributed by atoms with Crippen molar-refractivity contribution in [2.24, 2.45) is 0 Å². The standard InChI is InChI=1S/C15H10Br4O/c1-8(2-9-3-11(16)7-12(17)4-9)10-5-13(18)15(20)14(19)6-10/h2-7,20H,1H3/b8-2+. The van der Waals surface area contributed by atoms with Gasteiger partial charge in [0.15, 0.2) is 0 Å². The molecule has 5 heteroatoms. The van der Waals surface area contributed by atoms with Crippen LogP contribution in [0.3, 0.4) is 0 Å². The number of hydrogen-bond acceptors (Lipinski definition) is 1. The lowest BCUT2D eigenvalue weighted by molar-refractivity contribution is 0.468. The average Bonchev–Trinajstić information content (AvgIpc) is 2.33. The van der Waals surface area contributed by atoms with E-state index < -0.39 is 0 Å². The highest BCUT2D eigenvalue weighted by atomic mass is 79.9. The number of benzene rings is 2. The highest BCUT2D eigenvalue weighted by molar-refractivity contribution is 9.11. The molecule has 104 valence electrons. The van der Waals surface area contributed by atoms with E-state index in [1.54, 1.807) is 0 Å². The molecule has 0 aliphatic carbocycles. The molecule has 0 heterocycles. The maximum atomic E-state index is 9.75. The van der Waals surface area contributed by atoms with Crippen molar-refractivity contribution in [2.45, 2.75) is 6.92 Å². The van der Waals surface area contributed by atoms with E-state index >= 15 is 0 Å². The minimum absolute atomic E-state index is 0.215. The number of phenolic OH excluding ortho intramolecular Hbond substituents is 1. The third-order valence-corrected chi connectivity index (χ3v) is 4.86. The highest BCUT2D eigenvalue weighted by Crippen LogP contribution is 2.35. The van der Waals surface area contributed by atoms with Crippen LogP contribution in [0.5, 0.6) is 5.75 Å². The quantitative estimate of drug-likeness (QED) is 0.419. The molecular formula is C15H10Br4O. The molecule has 0 amide bonds. The first-order valence-corrected chi connectivity index (χ1v) is 8.87. The van der Waals surface area contributed by atoms with Crippen LogP contribution in [0.2, 0.25) is 0 Å². The summed E-state index contributed by atoms with van der Waals surface area (Å²) >= 11 is 13.7. The Labute approximate surface area is 151 Å². The van der Waals surface area contributed by atoms with Gasteiger partial charge in [0, 0.05) is 8.95 Å². The summed E-state index contributed by atoms with van der Waals surface area (Å²) in [7, 11) is 0. The molecule has 0 aromatic heterocycles. The van der Waals surface area contributed by atoms with E-state index in [1.807, 2.05) is 25.1 Å². The maximum Gasteiger partial charge on any atom is 0.143 e. The summed E-state index contributed by atoms with van der Waals surface area (Å²) in [6.45, 7) is 2.04. The van der Waals surface area contributed by atoms with Gasteiger partial charge in [-0.25, -0.2) is 0 Å². The van der Waals surface area contributed by atoms with E-state index in [4.69, 9.17) is 0 Å². The largest absolute Gasteiger partial charge is 0.506 e. The Bertz CT molecular complexity index is 649. The molecule has 0 unspecified atom stereocenters. The lowest BCUT2D eigenvalue weighted by atomic mass is 10.0. The summed E-state index contributed by atoms with van der Waals surface area (Å²) in [6, 6.07) is 9.91. The number of allylic oxidation sites excluding steroid dienone is 1. The number of rotatable bonds is 2. The minimum atomic E-state index is 0.215. The molecule has 2 aromatic rings. The molecule has 1 nitrogen and oxygen atoms in total. The van der Waals surface area contributed by atoms with Crippen molar-refractivity contribution in [1.82, 2.24) is 0 Å². The lowest BCUT2D eigenvalue weighted by Crippen LogP contribution is -1.83. The summed E-state index contributed by atoms with van der Waals surface area (Å²) < 4.78 is 3.40. The first kappa shape index (κ1) is 16.3. The normalized spacial score (nSPS) is 11.8. The second-order valence-corrected chi connectivity index (χ2v) is 7.86. The molecule has 0 aliphatic rings. The highest BCUT2D eigenvalue weighted by Gasteiger charge is 2.07. The Morgan fingerprint density at radius 3 is 1.90 bits per heavy atom. The minimum Gasteiger partial charge on any atom is -0.506 e. The molecule has 0 radical (unpaired) electrons. The van der Waals surface area contributed by atoms with Gasteiger partial charge in [0.1, 0.15) is 5.75 Å². The first-order chi connectivity index (χ1) is 9.36. The fourth-order valence-corrected chi connectivity index (χ4v) is 4.30. The van der Waals surface area contributed by atoms with Crippen LogP contribution >= 0.6 is 63.7 Å². The molecule has 0 spiro atoms. The number of aromatic hydroxyl groups is 1. The fourth-order valence-electron chi connectivity index (χ4n) is 1.79. The van der Waals surface area contributed by atoms with Crippen LogP contribution in [-0.2, 0) is 0 Å². The predicted molar refractivity (Wildman–Crippen MR) is 98.9 cm³/mol. The molecule has 0 atom stereocenters. The SMILES string of the molecule is C/C(=C\c1cc(Br)cc(Br)c1)c1cc(Br)c(O)c(Br)c1. The molecule has 2 aromatic carbocycles. The number of halogens is 4. The summed E-state index contributed by atoms with van der Waals surface area (Å²) in [5, 5.41) is 9.75. The zero-order chi connectivity index (χ0) is 14.9. The van der Waals surface area contributed by atoms with Gasteiger partial charge in [0.2, 0.25) is 0 Å². The van der Waals surface area contributed by atoms with Gasteiger partial charge in [-0.2, -0.15) is 0 Å². The third kappa shape index (κ3) is 3.97.